The van der Waals surface area contributed by atoms with E-state index < -0.39 is 0 Å². The molecule has 1 amide bonds. The summed E-state index contributed by atoms with van der Waals surface area (Å²) in [5.74, 6) is 0.587. The first-order valence-corrected chi connectivity index (χ1v) is 7.08. The summed E-state index contributed by atoms with van der Waals surface area (Å²) in [6.45, 7) is 1.43. The second-order valence-corrected chi connectivity index (χ2v) is 5.33. The number of nitrogens with two attached hydrogens (primary N) is 1. The number of nitrogens with zero attached hydrogens (tertiary/aromatic N) is 1. The fourth-order valence-electron chi connectivity index (χ4n) is 2.36. The van der Waals surface area contributed by atoms with Crippen molar-refractivity contribution in [2.45, 2.75) is 6.54 Å². The van der Waals surface area contributed by atoms with Gasteiger partial charge in [-0.15, -0.1) is 0 Å². The van der Waals surface area contributed by atoms with Crippen LogP contribution in [0.5, 0.6) is 5.75 Å². The molecule has 5 heteroatoms. The molecule has 0 fully saturated rings. The average Bonchev–Trinajstić information content (AvgIpc) is 2.63. The van der Waals surface area contributed by atoms with Crippen LogP contribution in [0.2, 0.25) is 5.02 Å². The van der Waals surface area contributed by atoms with Gasteiger partial charge in [0.1, 0.15) is 12.4 Å². The van der Waals surface area contributed by atoms with Gasteiger partial charge in [-0.05, 0) is 29.8 Å². The van der Waals surface area contributed by atoms with Gasteiger partial charge in [-0.2, -0.15) is 0 Å². The fraction of sp³-hybridized carbons (Fsp3) is 0.188. The van der Waals surface area contributed by atoms with E-state index in [4.69, 9.17) is 22.1 Å². The summed E-state index contributed by atoms with van der Waals surface area (Å²) in [5, 5.41) is 0.571. The summed E-state index contributed by atoms with van der Waals surface area (Å²) in [7, 11) is 0. The second-order valence-electron chi connectivity index (χ2n) is 4.92. The first-order chi connectivity index (χ1) is 10.1. The molecule has 0 bridgehead atoms. The van der Waals surface area contributed by atoms with Crippen molar-refractivity contribution in [3.63, 3.8) is 0 Å². The van der Waals surface area contributed by atoms with Crippen molar-refractivity contribution < 1.29 is 9.53 Å². The molecule has 0 atom stereocenters. The molecule has 2 aromatic rings. The van der Waals surface area contributed by atoms with Crippen LogP contribution in [0.4, 0.5) is 5.69 Å². The van der Waals surface area contributed by atoms with E-state index in [2.05, 4.69) is 0 Å². The minimum absolute atomic E-state index is 0.0454. The zero-order valence-corrected chi connectivity index (χ0v) is 12.1. The molecule has 0 saturated carbocycles. The molecule has 0 radical (unpaired) electrons. The van der Waals surface area contributed by atoms with Crippen LogP contribution < -0.4 is 10.5 Å². The standard InChI is InChI=1S/C16H15ClN2O2/c17-14-9-12(18)6-5-11(14)10-19-7-8-21-15-4-2-1-3-13(15)16(19)20/h1-6,9H,7-8,10,18H2. The number of halogens is 1. The van der Waals surface area contributed by atoms with Crippen molar-refractivity contribution >= 4 is 23.2 Å². The van der Waals surface area contributed by atoms with Crippen molar-refractivity contribution in [1.29, 1.82) is 0 Å². The molecule has 0 spiro atoms. The van der Waals surface area contributed by atoms with Gasteiger partial charge in [0.2, 0.25) is 0 Å². The Bertz CT molecular complexity index is 688. The summed E-state index contributed by atoms with van der Waals surface area (Å²) >= 11 is 6.19. The third-order valence-corrected chi connectivity index (χ3v) is 3.81. The lowest BCUT2D eigenvalue weighted by molar-refractivity contribution is 0.0743. The molecular formula is C16H15ClN2O2. The van der Waals surface area contributed by atoms with Crippen LogP contribution >= 0.6 is 11.6 Å². The van der Waals surface area contributed by atoms with Crippen LogP contribution in [-0.4, -0.2) is 24.0 Å². The van der Waals surface area contributed by atoms with E-state index in [0.717, 1.165) is 5.56 Å². The lowest BCUT2D eigenvalue weighted by atomic mass is 10.1. The first-order valence-electron chi connectivity index (χ1n) is 6.70. The Balaban J connectivity index is 1.87. The molecule has 1 aliphatic rings. The highest BCUT2D eigenvalue weighted by molar-refractivity contribution is 6.31. The van der Waals surface area contributed by atoms with E-state index in [0.29, 0.717) is 41.7 Å². The molecular weight excluding hydrogens is 288 g/mol. The Morgan fingerprint density at radius 1 is 1.24 bits per heavy atom. The first kappa shape index (κ1) is 13.8. The smallest absolute Gasteiger partial charge is 0.258 e. The van der Waals surface area contributed by atoms with E-state index in [-0.39, 0.29) is 5.91 Å². The Morgan fingerprint density at radius 3 is 2.86 bits per heavy atom. The van der Waals surface area contributed by atoms with Crippen LogP contribution in [0.1, 0.15) is 15.9 Å². The van der Waals surface area contributed by atoms with E-state index >= 15 is 0 Å². The minimum atomic E-state index is -0.0454. The van der Waals surface area contributed by atoms with Crippen LogP contribution in [-0.2, 0) is 6.54 Å². The Labute approximate surface area is 128 Å². The fourth-order valence-corrected chi connectivity index (χ4v) is 2.60. The van der Waals surface area contributed by atoms with Gasteiger partial charge in [0, 0.05) is 17.3 Å². The van der Waals surface area contributed by atoms with Crippen molar-refractivity contribution in [3.8, 4) is 5.75 Å². The highest BCUT2D eigenvalue weighted by atomic mass is 35.5. The zero-order valence-electron chi connectivity index (χ0n) is 11.4. The van der Waals surface area contributed by atoms with Gasteiger partial charge in [0.15, 0.2) is 0 Å². The number of hydrogen-bond acceptors (Lipinski definition) is 3. The number of amides is 1. The Kier molecular flexibility index (Phi) is 3.71. The minimum Gasteiger partial charge on any atom is -0.491 e. The largest absolute Gasteiger partial charge is 0.491 e. The summed E-state index contributed by atoms with van der Waals surface area (Å²) in [5.41, 5.74) is 7.76. The molecule has 4 nitrogen and oxygen atoms in total. The molecule has 2 N–H and O–H groups in total. The van der Waals surface area contributed by atoms with Crippen molar-refractivity contribution in [2.24, 2.45) is 0 Å². The molecule has 3 rings (SSSR count). The topological polar surface area (TPSA) is 55.6 Å². The molecule has 108 valence electrons. The zero-order chi connectivity index (χ0) is 14.8. The number of benzene rings is 2. The molecule has 0 unspecified atom stereocenters. The number of fused-ring (bicyclic) bond motifs is 1. The number of para-hydroxylation sites is 1. The number of anilines is 1. The van der Waals surface area contributed by atoms with Gasteiger partial charge >= 0.3 is 0 Å². The molecule has 2 aromatic carbocycles. The molecule has 1 aliphatic heterocycles. The SMILES string of the molecule is Nc1ccc(CN2CCOc3ccccc3C2=O)c(Cl)c1. The number of rotatable bonds is 2. The van der Waals surface area contributed by atoms with Crippen LogP contribution in [0.15, 0.2) is 42.5 Å². The van der Waals surface area contributed by atoms with Crippen LogP contribution in [0.25, 0.3) is 0 Å². The Morgan fingerprint density at radius 2 is 2.05 bits per heavy atom. The lowest BCUT2D eigenvalue weighted by Gasteiger charge is -2.20. The summed E-state index contributed by atoms with van der Waals surface area (Å²) in [6, 6.07) is 12.6. The van der Waals surface area contributed by atoms with Crippen LogP contribution in [0.3, 0.4) is 0 Å². The molecule has 0 aromatic heterocycles. The summed E-state index contributed by atoms with van der Waals surface area (Å²) in [4.78, 5) is 14.3. The molecule has 0 saturated heterocycles. The van der Waals surface area contributed by atoms with Gasteiger partial charge < -0.3 is 15.4 Å². The number of hydrogen-bond donors (Lipinski definition) is 1. The van der Waals surface area contributed by atoms with Gasteiger partial charge in [-0.25, -0.2) is 0 Å². The number of nitrogen functional groups attached to an aromatic ring is 1. The summed E-state index contributed by atoms with van der Waals surface area (Å²) < 4.78 is 5.62. The number of carbonyl (C=O) groups is 1. The van der Waals surface area contributed by atoms with Gasteiger partial charge in [0.05, 0.1) is 12.1 Å². The summed E-state index contributed by atoms with van der Waals surface area (Å²) in [6.07, 6.45) is 0. The van der Waals surface area contributed by atoms with E-state index in [9.17, 15) is 4.79 Å². The maximum atomic E-state index is 12.6. The predicted molar refractivity (Wildman–Crippen MR) is 82.5 cm³/mol. The number of ether oxygens (including phenoxy) is 1. The normalized spacial score (nSPS) is 14.3. The van der Waals surface area contributed by atoms with Crippen molar-refractivity contribution in [2.75, 3.05) is 18.9 Å². The van der Waals surface area contributed by atoms with Gasteiger partial charge in [0.25, 0.3) is 5.91 Å². The third kappa shape index (κ3) is 2.81. The maximum Gasteiger partial charge on any atom is 0.258 e. The third-order valence-electron chi connectivity index (χ3n) is 3.46. The van der Waals surface area contributed by atoms with Crippen molar-refractivity contribution in [1.82, 2.24) is 4.90 Å². The highest BCUT2D eigenvalue weighted by Crippen LogP contribution is 2.25. The lowest BCUT2D eigenvalue weighted by Crippen LogP contribution is -2.31. The monoisotopic (exact) mass is 302 g/mol. The maximum absolute atomic E-state index is 12.6. The highest BCUT2D eigenvalue weighted by Gasteiger charge is 2.23. The van der Waals surface area contributed by atoms with Crippen LogP contribution in [0, 0.1) is 0 Å². The quantitative estimate of drug-likeness (QED) is 0.868. The van der Waals surface area contributed by atoms with E-state index in [1.165, 1.54) is 0 Å². The molecule has 0 aliphatic carbocycles. The van der Waals surface area contributed by atoms with E-state index in [1.54, 1.807) is 23.1 Å². The predicted octanol–water partition coefficient (Wildman–Crippen LogP) is 2.96. The van der Waals surface area contributed by atoms with Crippen molar-refractivity contribution in [3.05, 3.63) is 58.6 Å². The molecule has 21 heavy (non-hydrogen) atoms. The van der Waals surface area contributed by atoms with Gasteiger partial charge in [-0.3, -0.25) is 4.79 Å². The van der Waals surface area contributed by atoms with E-state index in [1.807, 2.05) is 24.3 Å². The Hall–Kier alpha value is -2.20. The van der Waals surface area contributed by atoms with Gasteiger partial charge in [-0.1, -0.05) is 29.8 Å². The second kappa shape index (κ2) is 5.66. The average molecular weight is 303 g/mol. The number of carbonyl (C=O) groups excluding carboxylic acids is 1. The molecule has 1 heterocycles.